The van der Waals surface area contributed by atoms with Crippen LogP contribution in [0.3, 0.4) is 0 Å². The molecule has 1 aromatic carbocycles. The van der Waals surface area contributed by atoms with Crippen LogP contribution in [0, 0.1) is 20.8 Å². The molecule has 4 rings (SSSR count). The third kappa shape index (κ3) is 3.26. The Bertz CT molecular complexity index is 1060. The molecule has 0 amide bonds. The molecule has 0 aliphatic rings. The number of imidazole rings is 2. The van der Waals surface area contributed by atoms with Crippen molar-refractivity contribution in [3.8, 4) is 22.6 Å². The molecular formula is C22H26N6. The minimum atomic E-state index is 0.824. The summed E-state index contributed by atoms with van der Waals surface area (Å²) < 4.78 is 2.22. The largest absolute Gasteiger partial charge is 0.346 e. The van der Waals surface area contributed by atoms with Gasteiger partial charge in [-0.05, 0) is 32.8 Å². The van der Waals surface area contributed by atoms with E-state index in [1.807, 2.05) is 24.5 Å². The van der Waals surface area contributed by atoms with Crippen LogP contribution in [0.15, 0.2) is 36.7 Å². The van der Waals surface area contributed by atoms with Gasteiger partial charge in [0, 0.05) is 29.9 Å². The number of nitrogens with one attached hydrogen (secondary N) is 2. The highest BCUT2D eigenvalue weighted by atomic mass is 15.1. The molecule has 0 saturated heterocycles. The highest BCUT2D eigenvalue weighted by Gasteiger charge is 2.20. The zero-order chi connectivity index (χ0) is 19.7. The molecular weight excluding hydrogens is 348 g/mol. The van der Waals surface area contributed by atoms with Crippen molar-refractivity contribution in [1.29, 1.82) is 0 Å². The van der Waals surface area contributed by atoms with E-state index < -0.39 is 0 Å². The summed E-state index contributed by atoms with van der Waals surface area (Å²) in [6.45, 7) is 9.14. The summed E-state index contributed by atoms with van der Waals surface area (Å²) in [6, 6.07) is 10.3. The normalized spacial score (nSPS) is 11.3. The van der Waals surface area contributed by atoms with Gasteiger partial charge in [0.15, 0.2) is 0 Å². The third-order valence-electron chi connectivity index (χ3n) is 5.26. The summed E-state index contributed by atoms with van der Waals surface area (Å²) in [5, 5.41) is 7.40. The summed E-state index contributed by atoms with van der Waals surface area (Å²) in [7, 11) is 0. The Morgan fingerprint density at radius 2 is 1.79 bits per heavy atom. The van der Waals surface area contributed by atoms with E-state index in [1.54, 1.807) is 0 Å². The maximum atomic E-state index is 4.86. The molecule has 0 fully saturated rings. The van der Waals surface area contributed by atoms with Crippen LogP contribution in [-0.2, 0) is 19.4 Å². The van der Waals surface area contributed by atoms with Gasteiger partial charge in [-0.3, -0.25) is 5.10 Å². The zero-order valence-electron chi connectivity index (χ0n) is 16.9. The molecule has 4 aromatic rings. The Labute approximate surface area is 165 Å². The fourth-order valence-electron chi connectivity index (χ4n) is 3.70. The number of hydrogen-bond acceptors (Lipinski definition) is 3. The minimum absolute atomic E-state index is 0.824. The van der Waals surface area contributed by atoms with Gasteiger partial charge in [0.1, 0.15) is 11.5 Å². The van der Waals surface area contributed by atoms with Crippen molar-refractivity contribution in [2.45, 2.75) is 47.1 Å². The molecule has 0 aliphatic carbocycles. The van der Waals surface area contributed by atoms with Crippen molar-refractivity contribution >= 4 is 0 Å². The standard InChI is InChI=1S/C22H26N6/c1-5-19-24-16(4)20(25-19)22-21(17-9-7-6-8-10-17)23-13-28(22)12-11-18-14(2)26-27-15(18)3/h6-10,13H,5,11-12H2,1-4H3,(H,24,25)(H,26,27). The van der Waals surface area contributed by atoms with Gasteiger partial charge in [0.05, 0.1) is 23.4 Å². The van der Waals surface area contributed by atoms with E-state index in [1.165, 1.54) is 5.56 Å². The number of aromatic nitrogens is 6. The molecule has 28 heavy (non-hydrogen) atoms. The van der Waals surface area contributed by atoms with Crippen LogP contribution in [0.4, 0.5) is 0 Å². The summed E-state index contributed by atoms with van der Waals surface area (Å²) in [6.07, 6.45) is 3.71. The number of benzene rings is 1. The number of H-pyrrole nitrogens is 2. The summed E-state index contributed by atoms with van der Waals surface area (Å²) in [5.74, 6) is 1.00. The van der Waals surface area contributed by atoms with Gasteiger partial charge in [-0.15, -0.1) is 0 Å². The van der Waals surface area contributed by atoms with Crippen LogP contribution in [0.1, 0.15) is 35.4 Å². The highest BCUT2D eigenvalue weighted by molar-refractivity contribution is 5.78. The smallest absolute Gasteiger partial charge is 0.110 e. The van der Waals surface area contributed by atoms with Crippen LogP contribution in [0.2, 0.25) is 0 Å². The molecule has 0 unspecified atom stereocenters. The van der Waals surface area contributed by atoms with Crippen LogP contribution >= 0.6 is 0 Å². The zero-order valence-corrected chi connectivity index (χ0v) is 16.9. The maximum Gasteiger partial charge on any atom is 0.110 e. The van der Waals surface area contributed by atoms with E-state index in [4.69, 9.17) is 9.97 Å². The molecule has 2 N–H and O–H groups in total. The fourth-order valence-corrected chi connectivity index (χ4v) is 3.70. The first-order valence-electron chi connectivity index (χ1n) is 9.75. The number of aryl methyl sites for hydroxylation is 5. The molecule has 0 aliphatic heterocycles. The first-order valence-corrected chi connectivity index (χ1v) is 9.75. The van der Waals surface area contributed by atoms with E-state index in [0.717, 1.165) is 64.9 Å². The SMILES string of the molecule is CCc1nc(-c2c(-c3ccccc3)ncn2CCc2c(C)n[nH]c2C)c(C)[nH]1. The molecule has 6 nitrogen and oxygen atoms in total. The fraction of sp³-hybridized carbons (Fsp3) is 0.318. The quantitative estimate of drug-likeness (QED) is 0.525. The number of hydrogen-bond donors (Lipinski definition) is 2. The van der Waals surface area contributed by atoms with Gasteiger partial charge in [-0.25, -0.2) is 9.97 Å². The third-order valence-corrected chi connectivity index (χ3v) is 5.26. The van der Waals surface area contributed by atoms with Crippen molar-refractivity contribution < 1.29 is 0 Å². The summed E-state index contributed by atoms with van der Waals surface area (Å²) >= 11 is 0. The molecule has 0 atom stereocenters. The first kappa shape index (κ1) is 18.2. The van der Waals surface area contributed by atoms with Crippen molar-refractivity contribution in [2.24, 2.45) is 0 Å². The lowest BCUT2D eigenvalue weighted by atomic mass is 10.1. The van der Waals surface area contributed by atoms with Gasteiger partial charge in [0.25, 0.3) is 0 Å². The lowest BCUT2D eigenvalue weighted by molar-refractivity contribution is 0.696. The Kier molecular flexibility index (Phi) is 4.86. The van der Waals surface area contributed by atoms with Crippen molar-refractivity contribution in [2.75, 3.05) is 0 Å². The Balaban J connectivity index is 1.78. The number of nitrogens with zero attached hydrogens (tertiary/aromatic N) is 4. The van der Waals surface area contributed by atoms with Crippen molar-refractivity contribution in [3.63, 3.8) is 0 Å². The highest BCUT2D eigenvalue weighted by Crippen LogP contribution is 2.32. The van der Waals surface area contributed by atoms with Gasteiger partial charge >= 0.3 is 0 Å². The Morgan fingerprint density at radius 3 is 2.43 bits per heavy atom. The second kappa shape index (κ2) is 7.46. The average molecular weight is 374 g/mol. The molecule has 6 heteroatoms. The molecule has 0 radical (unpaired) electrons. The van der Waals surface area contributed by atoms with Gasteiger partial charge < -0.3 is 9.55 Å². The summed E-state index contributed by atoms with van der Waals surface area (Å²) in [4.78, 5) is 13.0. The first-order chi connectivity index (χ1) is 13.6. The predicted molar refractivity (Wildman–Crippen MR) is 111 cm³/mol. The van der Waals surface area contributed by atoms with E-state index in [2.05, 4.69) is 59.6 Å². The van der Waals surface area contributed by atoms with Crippen LogP contribution < -0.4 is 0 Å². The van der Waals surface area contributed by atoms with Crippen molar-refractivity contribution in [3.05, 3.63) is 65.1 Å². The topological polar surface area (TPSA) is 75.2 Å². The van der Waals surface area contributed by atoms with Crippen LogP contribution in [0.25, 0.3) is 22.6 Å². The van der Waals surface area contributed by atoms with Crippen LogP contribution in [-0.4, -0.2) is 29.7 Å². The van der Waals surface area contributed by atoms with E-state index in [-0.39, 0.29) is 0 Å². The average Bonchev–Trinajstić information content (AvgIpc) is 3.38. The second-order valence-electron chi connectivity index (χ2n) is 7.17. The van der Waals surface area contributed by atoms with Gasteiger partial charge in [-0.1, -0.05) is 37.3 Å². The molecule has 0 bridgehead atoms. The second-order valence-corrected chi connectivity index (χ2v) is 7.17. The predicted octanol–water partition coefficient (Wildman–Crippen LogP) is 4.39. The van der Waals surface area contributed by atoms with E-state index in [9.17, 15) is 0 Å². The lowest BCUT2D eigenvalue weighted by Crippen LogP contribution is -2.04. The summed E-state index contributed by atoms with van der Waals surface area (Å²) in [5.41, 5.74) is 8.66. The van der Waals surface area contributed by atoms with E-state index in [0.29, 0.717) is 0 Å². The monoisotopic (exact) mass is 374 g/mol. The van der Waals surface area contributed by atoms with Gasteiger partial charge in [0.2, 0.25) is 0 Å². The number of aromatic amines is 2. The Hall–Kier alpha value is -3.15. The molecule has 3 aromatic heterocycles. The maximum absolute atomic E-state index is 4.86. The minimum Gasteiger partial charge on any atom is -0.346 e. The molecule has 0 saturated carbocycles. The lowest BCUT2D eigenvalue weighted by Gasteiger charge is -2.10. The van der Waals surface area contributed by atoms with Crippen molar-refractivity contribution in [1.82, 2.24) is 29.7 Å². The van der Waals surface area contributed by atoms with E-state index >= 15 is 0 Å². The molecule has 3 heterocycles. The number of rotatable bonds is 6. The van der Waals surface area contributed by atoms with Crippen LogP contribution in [0.5, 0.6) is 0 Å². The Morgan fingerprint density at radius 1 is 1.00 bits per heavy atom. The molecule has 144 valence electrons. The van der Waals surface area contributed by atoms with Gasteiger partial charge in [-0.2, -0.15) is 5.10 Å². The molecule has 0 spiro atoms.